The highest BCUT2D eigenvalue weighted by Crippen LogP contribution is 2.25. The van der Waals surface area contributed by atoms with Crippen molar-refractivity contribution in [3.63, 3.8) is 0 Å². The van der Waals surface area contributed by atoms with Gasteiger partial charge in [-0.15, -0.1) is 0 Å². The summed E-state index contributed by atoms with van der Waals surface area (Å²) < 4.78 is 0. The van der Waals surface area contributed by atoms with Crippen molar-refractivity contribution in [1.82, 2.24) is 20.2 Å². The van der Waals surface area contributed by atoms with Crippen LogP contribution in [0.4, 0.5) is 16.2 Å². The van der Waals surface area contributed by atoms with Crippen molar-refractivity contribution in [3.8, 4) is 0 Å². The Balaban J connectivity index is 1.50. The lowest BCUT2D eigenvalue weighted by Gasteiger charge is -2.41. The number of carboxylic acid groups (broad SMARTS) is 1. The van der Waals surface area contributed by atoms with Gasteiger partial charge in [-0.3, -0.25) is 14.6 Å². The van der Waals surface area contributed by atoms with Crippen molar-refractivity contribution in [2.45, 2.75) is 25.4 Å². The molecule has 4 rings (SSSR count). The Morgan fingerprint density at radius 3 is 2.58 bits per heavy atom. The van der Waals surface area contributed by atoms with E-state index in [0.29, 0.717) is 26.1 Å². The standard InChI is InChI=1S/C25H28N6O5/c1-15(27-23(33)21-20(26)22(32)29-24(34)28-21)17-8-5-9-18(13-17)30-10-11-31(25(35)36)19(14-30)12-16-6-3-2-4-7-16/h2-9,13,15,19H,10-12,14,26H2,1H3,(H,27,33)(H,35,36)(H2,28,29,32,34)/t15?,19-/m0/s1. The molecule has 1 aliphatic rings. The molecule has 1 unspecified atom stereocenters. The summed E-state index contributed by atoms with van der Waals surface area (Å²) in [4.78, 5) is 55.7. The fraction of sp³-hybridized carbons (Fsp3) is 0.280. The number of nitrogens with zero attached hydrogens (tertiary/aromatic N) is 2. The summed E-state index contributed by atoms with van der Waals surface area (Å²) in [5.41, 5.74) is 6.12. The minimum absolute atomic E-state index is 0.213. The molecule has 0 spiro atoms. The average molecular weight is 493 g/mol. The van der Waals surface area contributed by atoms with E-state index in [-0.39, 0.29) is 17.4 Å². The molecule has 0 aliphatic carbocycles. The fourth-order valence-corrected chi connectivity index (χ4v) is 4.42. The largest absolute Gasteiger partial charge is 0.465 e. The Labute approximate surface area is 206 Å². The lowest BCUT2D eigenvalue weighted by Crippen LogP contribution is -2.55. The molecule has 1 aliphatic heterocycles. The van der Waals surface area contributed by atoms with E-state index >= 15 is 0 Å². The van der Waals surface area contributed by atoms with E-state index in [2.05, 4.69) is 15.2 Å². The number of carbonyl (C=O) groups is 2. The number of hydrogen-bond acceptors (Lipinski definition) is 6. The first-order valence-corrected chi connectivity index (χ1v) is 11.5. The van der Waals surface area contributed by atoms with Gasteiger partial charge in [-0.25, -0.2) is 9.59 Å². The summed E-state index contributed by atoms with van der Waals surface area (Å²) in [6.07, 6.45) is -0.330. The maximum absolute atomic E-state index is 12.7. The van der Waals surface area contributed by atoms with Crippen molar-refractivity contribution in [2.75, 3.05) is 30.3 Å². The average Bonchev–Trinajstić information content (AvgIpc) is 2.86. The fourth-order valence-electron chi connectivity index (χ4n) is 4.42. The highest BCUT2D eigenvalue weighted by molar-refractivity contribution is 5.97. The third-order valence-electron chi connectivity index (χ3n) is 6.33. The number of nitrogens with one attached hydrogen (secondary N) is 3. The van der Waals surface area contributed by atoms with Gasteiger partial charge in [0.05, 0.1) is 12.1 Å². The Kier molecular flexibility index (Phi) is 7.09. The van der Waals surface area contributed by atoms with Gasteiger partial charge in [0, 0.05) is 25.3 Å². The third-order valence-corrected chi connectivity index (χ3v) is 6.33. The molecule has 2 aromatic carbocycles. The van der Waals surface area contributed by atoms with Crippen LogP contribution in [0.15, 0.2) is 64.2 Å². The molecule has 11 nitrogen and oxygen atoms in total. The molecule has 2 amide bonds. The van der Waals surface area contributed by atoms with Gasteiger partial charge in [0.2, 0.25) is 0 Å². The van der Waals surface area contributed by atoms with Gasteiger partial charge in [0.25, 0.3) is 11.5 Å². The molecule has 2 atom stereocenters. The van der Waals surface area contributed by atoms with Crippen molar-refractivity contribution in [2.24, 2.45) is 0 Å². The monoisotopic (exact) mass is 492 g/mol. The van der Waals surface area contributed by atoms with Gasteiger partial charge < -0.3 is 30.9 Å². The molecule has 1 fully saturated rings. The van der Waals surface area contributed by atoms with E-state index in [1.54, 1.807) is 6.92 Å². The van der Waals surface area contributed by atoms with E-state index in [1.165, 1.54) is 4.90 Å². The van der Waals surface area contributed by atoms with Crippen LogP contribution in [-0.4, -0.2) is 57.7 Å². The smallest absolute Gasteiger partial charge is 0.407 e. The summed E-state index contributed by atoms with van der Waals surface area (Å²) in [5.74, 6) is -0.674. The van der Waals surface area contributed by atoms with Crippen molar-refractivity contribution >= 4 is 23.4 Å². The van der Waals surface area contributed by atoms with Crippen LogP contribution in [0.2, 0.25) is 0 Å². The molecule has 1 aromatic heterocycles. The first kappa shape index (κ1) is 24.6. The first-order valence-electron chi connectivity index (χ1n) is 11.5. The Hall–Kier alpha value is -4.54. The number of anilines is 2. The molecule has 0 radical (unpaired) electrons. The van der Waals surface area contributed by atoms with E-state index in [9.17, 15) is 24.3 Å². The van der Waals surface area contributed by atoms with E-state index in [0.717, 1.165) is 16.8 Å². The zero-order valence-electron chi connectivity index (χ0n) is 19.7. The third kappa shape index (κ3) is 5.40. The number of amides is 2. The lowest BCUT2D eigenvalue weighted by molar-refractivity contribution is 0.0935. The Morgan fingerprint density at radius 2 is 1.86 bits per heavy atom. The van der Waals surface area contributed by atoms with E-state index in [1.807, 2.05) is 59.6 Å². The lowest BCUT2D eigenvalue weighted by atomic mass is 10.0. The number of benzene rings is 2. The number of nitrogen functional groups attached to an aromatic ring is 1. The number of H-pyrrole nitrogens is 2. The van der Waals surface area contributed by atoms with Crippen LogP contribution in [0.1, 0.15) is 34.6 Å². The maximum atomic E-state index is 12.7. The molecule has 11 heteroatoms. The number of aromatic nitrogens is 2. The highest BCUT2D eigenvalue weighted by Gasteiger charge is 2.31. The van der Waals surface area contributed by atoms with Gasteiger partial charge in [-0.05, 0) is 36.6 Å². The quantitative estimate of drug-likeness (QED) is 0.348. The van der Waals surface area contributed by atoms with Crippen LogP contribution in [0.5, 0.6) is 0 Å². The molecule has 0 bridgehead atoms. The van der Waals surface area contributed by atoms with E-state index in [4.69, 9.17) is 5.73 Å². The van der Waals surface area contributed by atoms with Crippen LogP contribution in [0.25, 0.3) is 0 Å². The molecule has 3 aromatic rings. The van der Waals surface area contributed by atoms with Crippen molar-refractivity contribution in [3.05, 3.63) is 92.3 Å². The predicted molar refractivity (Wildman–Crippen MR) is 135 cm³/mol. The molecule has 2 heterocycles. The molecule has 1 saturated heterocycles. The van der Waals surface area contributed by atoms with Crippen LogP contribution in [0, 0.1) is 0 Å². The normalized spacial score (nSPS) is 16.4. The number of carbonyl (C=O) groups excluding carboxylic acids is 1. The molecule has 0 saturated carbocycles. The van der Waals surface area contributed by atoms with Gasteiger partial charge in [0.1, 0.15) is 11.4 Å². The van der Waals surface area contributed by atoms with Crippen molar-refractivity contribution in [1.29, 1.82) is 0 Å². The topological polar surface area (TPSA) is 165 Å². The van der Waals surface area contributed by atoms with Crippen LogP contribution in [0.3, 0.4) is 0 Å². The predicted octanol–water partition coefficient (Wildman–Crippen LogP) is 1.55. The SMILES string of the molecule is CC(NC(=O)c1[nH]c(=O)[nH]c(=O)c1N)c1cccc(N2CCN(C(=O)O)[C@@H](Cc3ccccc3)C2)c1. The Morgan fingerprint density at radius 1 is 1.11 bits per heavy atom. The van der Waals surface area contributed by atoms with Crippen molar-refractivity contribution < 1.29 is 14.7 Å². The van der Waals surface area contributed by atoms with Gasteiger partial charge in [-0.2, -0.15) is 0 Å². The number of piperazine rings is 1. The minimum Gasteiger partial charge on any atom is -0.465 e. The highest BCUT2D eigenvalue weighted by atomic mass is 16.4. The second kappa shape index (κ2) is 10.4. The minimum atomic E-state index is -0.933. The molecular weight excluding hydrogens is 464 g/mol. The number of aromatic amines is 2. The summed E-state index contributed by atoms with van der Waals surface area (Å²) in [7, 11) is 0. The number of hydrogen-bond donors (Lipinski definition) is 5. The first-order chi connectivity index (χ1) is 17.2. The van der Waals surface area contributed by atoms with Crippen LogP contribution < -0.4 is 27.2 Å². The molecule has 36 heavy (non-hydrogen) atoms. The van der Waals surface area contributed by atoms with Gasteiger partial charge >= 0.3 is 11.8 Å². The molecule has 6 N–H and O–H groups in total. The van der Waals surface area contributed by atoms with Crippen LogP contribution >= 0.6 is 0 Å². The zero-order chi connectivity index (χ0) is 25.8. The number of rotatable bonds is 6. The second-order valence-corrected chi connectivity index (χ2v) is 8.75. The van der Waals surface area contributed by atoms with E-state index < -0.39 is 29.3 Å². The summed E-state index contributed by atoms with van der Waals surface area (Å²) >= 11 is 0. The zero-order valence-corrected chi connectivity index (χ0v) is 19.7. The number of nitrogens with two attached hydrogens (primary N) is 1. The summed E-state index contributed by atoms with van der Waals surface area (Å²) in [6, 6.07) is 16.7. The molecular formula is C25H28N6O5. The van der Waals surface area contributed by atoms with Gasteiger partial charge in [-0.1, -0.05) is 42.5 Å². The van der Waals surface area contributed by atoms with Crippen LogP contribution in [-0.2, 0) is 6.42 Å². The van der Waals surface area contributed by atoms with Gasteiger partial charge in [0.15, 0.2) is 0 Å². The second-order valence-electron chi connectivity index (χ2n) is 8.75. The summed E-state index contributed by atoms with van der Waals surface area (Å²) in [5, 5.41) is 12.5. The molecule has 188 valence electrons. The summed E-state index contributed by atoms with van der Waals surface area (Å²) in [6.45, 7) is 3.21. The Bertz CT molecular complexity index is 1370. The maximum Gasteiger partial charge on any atom is 0.407 e.